The van der Waals surface area contributed by atoms with Crippen molar-refractivity contribution in [2.75, 3.05) is 18.4 Å². The molecule has 0 aliphatic rings. The molecule has 0 aromatic carbocycles. The van der Waals surface area contributed by atoms with Gasteiger partial charge in [-0.15, -0.1) is 0 Å². The van der Waals surface area contributed by atoms with Crippen LogP contribution in [0.4, 0.5) is 5.69 Å². The van der Waals surface area contributed by atoms with Crippen molar-refractivity contribution >= 4 is 34.6 Å². The van der Waals surface area contributed by atoms with Crippen molar-refractivity contribution in [1.29, 1.82) is 0 Å². The summed E-state index contributed by atoms with van der Waals surface area (Å²) in [5.74, 6) is 0. The summed E-state index contributed by atoms with van der Waals surface area (Å²) in [6.07, 6.45) is 1.66. The molecule has 82 valence electrons. The highest BCUT2D eigenvalue weighted by atomic mass is 35.5. The maximum absolute atomic E-state index is 5.68. The molecule has 3 nitrogen and oxygen atoms in total. The van der Waals surface area contributed by atoms with Gasteiger partial charge in [-0.1, -0.05) is 11.6 Å². The molecule has 15 heavy (non-hydrogen) atoms. The third-order valence-electron chi connectivity index (χ3n) is 2.03. The highest BCUT2D eigenvalue weighted by Crippen LogP contribution is 2.10. The SMILES string of the molecule is CCN(CC)C(=S)Nc1ccc(Cl)nc1. The molecule has 0 saturated carbocycles. The fourth-order valence-electron chi connectivity index (χ4n) is 1.16. The lowest BCUT2D eigenvalue weighted by atomic mass is 10.4. The summed E-state index contributed by atoms with van der Waals surface area (Å²) in [4.78, 5) is 6.03. The maximum Gasteiger partial charge on any atom is 0.173 e. The van der Waals surface area contributed by atoms with E-state index < -0.39 is 0 Å². The zero-order chi connectivity index (χ0) is 11.3. The van der Waals surface area contributed by atoms with E-state index in [1.165, 1.54) is 0 Å². The van der Waals surface area contributed by atoms with Gasteiger partial charge in [0.25, 0.3) is 0 Å². The minimum atomic E-state index is 0.481. The average Bonchev–Trinajstić information content (AvgIpc) is 2.23. The lowest BCUT2D eigenvalue weighted by Gasteiger charge is -2.22. The molecule has 0 radical (unpaired) electrons. The van der Waals surface area contributed by atoms with Gasteiger partial charge in [0, 0.05) is 13.1 Å². The van der Waals surface area contributed by atoms with Crippen LogP contribution >= 0.6 is 23.8 Å². The smallest absolute Gasteiger partial charge is 0.173 e. The molecular weight excluding hydrogens is 230 g/mol. The van der Waals surface area contributed by atoms with Gasteiger partial charge in [0.15, 0.2) is 5.11 Å². The van der Waals surface area contributed by atoms with Gasteiger partial charge in [-0.25, -0.2) is 4.98 Å². The van der Waals surface area contributed by atoms with E-state index in [1.807, 2.05) is 6.07 Å². The van der Waals surface area contributed by atoms with E-state index in [-0.39, 0.29) is 0 Å². The number of hydrogen-bond donors (Lipinski definition) is 1. The summed E-state index contributed by atoms with van der Waals surface area (Å²) in [5, 5.41) is 4.30. The van der Waals surface area contributed by atoms with Gasteiger partial charge in [-0.3, -0.25) is 0 Å². The van der Waals surface area contributed by atoms with Gasteiger partial charge in [0.05, 0.1) is 11.9 Å². The van der Waals surface area contributed by atoms with Crippen molar-refractivity contribution < 1.29 is 0 Å². The summed E-state index contributed by atoms with van der Waals surface area (Å²) >= 11 is 10.9. The monoisotopic (exact) mass is 243 g/mol. The molecular formula is C10H14ClN3S. The number of halogens is 1. The second-order valence-electron chi connectivity index (χ2n) is 2.97. The highest BCUT2D eigenvalue weighted by molar-refractivity contribution is 7.80. The van der Waals surface area contributed by atoms with Crippen LogP contribution in [0, 0.1) is 0 Å². The van der Waals surface area contributed by atoms with E-state index in [0.717, 1.165) is 18.8 Å². The van der Waals surface area contributed by atoms with E-state index >= 15 is 0 Å². The Morgan fingerprint density at radius 2 is 2.13 bits per heavy atom. The first-order chi connectivity index (χ1) is 7.17. The first-order valence-corrected chi connectivity index (χ1v) is 5.63. The molecule has 1 N–H and O–H groups in total. The van der Waals surface area contributed by atoms with Gasteiger partial charge in [0.1, 0.15) is 5.15 Å². The van der Waals surface area contributed by atoms with Gasteiger partial charge in [0.2, 0.25) is 0 Å². The predicted molar refractivity (Wildman–Crippen MR) is 68.4 cm³/mol. The summed E-state index contributed by atoms with van der Waals surface area (Å²) in [6.45, 7) is 5.92. The zero-order valence-electron chi connectivity index (χ0n) is 8.83. The largest absolute Gasteiger partial charge is 0.350 e. The minimum absolute atomic E-state index is 0.481. The maximum atomic E-state index is 5.68. The van der Waals surface area contributed by atoms with Crippen molar-refractivity contribution in [2.24, 2.45) is 0 Å². The van der Waals surface area contributed by atoms with Gasteiger partial charge < -0.3 is 10.2 Å². The van der Waals surface area contributed by atoms with E-state index in [9.17, 15) is 0 Å². The quantitative estimate of drug-likeness (QED) is 0.653. The van der Waals surface area contributed by atoms with Crippen molar-refractivity contribution in [3.05, 3.63) is 23.5 Å². The Labute approximate surface area is 100 Å². The van der Waals surface area contributed by atoms with E-state index in [2.05, 4.69) is 29.0 Å². The van der Waals surface area contributed by atoms with Crippen LogP contribution in [-0.4, -0.2) is 28.1 Å². The second-order valence-corrected chi connectivity index (χ2v) is 3.75. The van der Waals surface area contributed by atoms with Crippen LogP contribution in [0.1, 0.15) is 13.8 Å². The minimum Gasteiger partial charge on any atom is -0.350 e. The van der Waals surface area contributed by atoms with Crippen LogP contribution in [0.5, 0.6) is 0 Å². The van der Waals surface area contributed by atoms with Crippen molar-refractivity contribution in [3.63, 3.8) is 0 Å². The summed E-state index contributed by atoms with van der Waals surface area (Å²) in [7, 11) is 0. The second kappa shape index (κ2) is 5.88. The number of anilines is 1. The Bertz CT molecular complexity index is 322. The van der Waals surface area contributed by atoms with Crippen molar-refractivity contribution in [3.8, 4) is 0 Å². The fraction of sp³-hybridized carbons (Fsp3) is 0.400. The fourth-order valence-corrected chi connectivity index (χ4v) is 1.65. The predicted octanol–water partition coefficient (Wildman–Crippen LogP) is 2.77. The van der Waals surface area contributed by atoms with Gasteiger partial charge in [-0.2, -0.15) is 0 Å². The highest BCUT2D eigenvalue weighted by Gasteiger charge is 2.04. The molecule has 1 aromatic rings. The van der Waals surface area contributed by atoms with Crippen LogP contribution in [-0.2, 0) is 0 Å². The molecule has 0 atom stereocenters. The van der Waals surface area contributed by atoms with Crippen molar-refractivity contribution in [2.45, 2.75) is 13.8 Å². The van der Waals surface area contributed by atoms with Gasteiger partial charge in [-0.05, 0) is 38.2 Å². The van der Waals surface area contributed by atoms with Crippen LogP contribution < -0.4 is 5.32 Å². The number of nitrogens with one attached hydrogen (secondary N) is 1. The molecule has 0 spiro atoms. The number of nitrogens with zero attached hydrogens (tertiary/aromatic N) is 2. The number of thiocarbonyl (C=S) groups is 1. The molecule has 1 heterocycles. The third-order valence-corrected chi connectivity index (χ3v) is 2.61. The van der Waals surface area contributed by atoms with Crippen LogP contribution in [0.2, 0.25) is 5.15 Å². The lowest BCUT2D eigenvalue weighted by molar-refractivity contribution is 0.473. The van der Waals surface area contributed by atoms with Gasteiger partial charge >= 0.3 is 0 Å². The topological polar surface area (TPSA) is 28.2 Å². The number of hydrogen-bond acceptors (Lipinski definition) is 2. The Balaban J connectivity index is 2.61. The Morgan fingerprint density at radius 1 is 1.47 bits per heavy atom. The molecule has 0 aliphatic carbocycles. The van der Waals surface area contributed by atoms with Crippen molar-refractivity contribution in [1.82, 2.24) is 9.88 Å². The molecule has 5 heteroatoms. The molecule has 1 aromatic heterocycles. The molecule has 0 unspecified atom stereocenters. The summed E-state index contributed by atoms with van der Waals surface area (Å²) < 4.78 is 0. The lowest BCUT2D eigenvalue weighted by Crippen LogP contribution is -2.34. The van der Waals surface area contributed by atoms with Crippen LogP contribution in [0.15, 0.2) is 18.3 Å². The summed E-state index contributed by atoms with van der Waals surface area (Å²) in [5.41, 5.74) is 0.858. The Kier molecular flexibility index (Phi) is 4.78. The first kappa shape index (κ1) is 12.2. The van der Waals surface area contributed by atoms with E-state index in [0.29, 0.717) is 10.3 Å². The van der Waals surface area contributed by atoms with E-state index in [1.54, 1.807) is 12.3 Å². The first-order valence-electron chi connectivity index (χ1n) is 4.84. The summed E-state index contributed by atoms with van der Waals surface area (Å²) in [6, 6.07) is 3.58. The molecule has 0 amide bonds. The number of pyridine rings is 1. The number of rotatable bonds is 3. The third kappa shape index (κ3) is 3.64. The number of aromatic nitrogens is 1. The normalized spacial score (nSPS) is 9.80. The molecule has 0 fully saturated rings. The Hall–Kier alpha value is -0.870. The van der Waals surface area contributed by atoms with Crippen LogP contribution in [0.3, 0.4) is 0 Å². The molecule has 1 rings (SSSR count). The Morgan fingerprint density at radius 3 is 2.60 bits per heavy atom. The molecule has 0 aliphatic heterocycles. The standard InChI is InChI=1S/C10H14ClN3S/c1-3-14(4-2)10(15)13-8-5-6-9(11)12-7-8/h5-7H,3-4H2,1-2H3,(H,13,15). The zero-order valence-corrected chi connectivity index (χ0v) is 10.4. The van der Waals surface area contributed by atoms with E-state index in [4.69, 9.17) is 23.8 Å². The molecule has 0 bridgehead atoms. The van der Waals surface area contributed by atoms with Crippen LogP contribution in [0.25, 0.3) is 0 Å². The molecule has 0 saturated heterocycles. The average molecular weight is 244 g/mol.